The molecule has 0 fully saturated rings. The van der Waals surface area contributed by atoms with Crippen LogP contribution in [0.5, 0.6) is 0 Å². The van der Waals surface area contributed by atoms with Gasteiger partial charge in [0.1, 0.15) is 5.76 Å². The van der Waals surface area contributed by atoms with Gasteiger partial charge in [0.2, 0.25) is 0 Å². The number of rotatable bonds is 5. The van der Waals surface area contributed by atoms with Gasteiger partial charge in [-0.2, -0.15) is 0 Å². The summed E-state index contributed by atoms with van der Waals surface area (Å²) in [4.78, 5) is 4.41. The van der Waals surface area contributed by atoms with E-state index in [-0.39, 0.29) is 12.1 Å². The van der Waals surface area contributed by atoms with Crippen molar-refractivity contribution in [3.63, 3.8) is 0 Å². The Morgan fingerprint density at radius 3 is 2.43 bits per heavy atom. The number of pyridine rings is 1. The summed E-state index contributed by atoms with van der Waals surface area (Å²) < 4.78 is 5.60. The zero-order valence-electron chi connectivity index (χ0n) is 11.9. The highest BCUT2D eigenvalue weighted by molar-refractivity contribution is 5.27. The molecule has 0 amide bonds. The zero-order chi connectivity index (χ0) is 14.5. The summed E-state index contributed by atoms with van der Waals surface area (Å²) in [5.74, 6) is 0.906. The van der Waals surface area contributed by atoms with Crippen LogP contribution in [0.3, 0.4) is 0 Å². The molecule has 0 aliphatic rings. The summed E-state index contributed by atoms with van der Waals surface area (Å²) in [6.45, 7) is 2.11. The fourth-order valence-electron chi connectivity index (χ4n) is 2.41. The van der Waals surface area contributed by atoms with Gasteiger partial charge in [-0.1, -0.05) is 36.4 Å². The van der Waals surface area contributed by atoms with Crippen molar-refractivity contribution < 1.29 is 4.42 Å². The third-order valence-electron chi connectivity index (χ3n) is 3.51. The summed E-state index contributed by atoms with van der Waals surface area (Å²) in [5.41, 5.74) is 2.19. The van der Waals surface area contributed by atoms with Crippen LogP contribution < -0.4 is 5.32 Å². The molecule has 0 aliphatic heterocycles. The van der Waals surface area contributed by atoms with Gasteiger partial charge in [-0.3, -0.25) is 10.3 Å². The molecular weight excluding hydrogens is 260 g/mol. The zero-order valence-corrected chi connectivity index (χ0v) is 11.9. The summed E-state index contributed by atoms with van der Waals surface area (Å²) in [6, 6.07) is 20.3. The molecule has 3 nitrogen and oxygen atoms in total. The van der Waals surface area contributed by atoms with Crippen LogP contribution in [0.1, 0.15) is 36.0 Å². The van der Waals surface area contributed by atoms with Gasteiger partial charge < -0.3 is 4.42 Å². The Kier molecular flexibility index (Phi) is 4.12. The Morgan fingerprint density at radius 2 is 1.76 bits per heavy atom. The normalized spacial score (nSPS) is 13.8. The SMILES string of the molecule is C[C@@H](NC(c1ccccc1)c1ccco1)c1ccccn1. The Bertz CT molecular complexity index is 650. The minimum absolute atomic E-state index is 0.0122. The van der Waals surface area contributed by atoms with Crippen LogP contribution in [0.15, 0.2) is 77.5 Å². The van der Waals surface area contributed by atoms with E-state index in [1.54, 1.807) is 6.26 Å². The first-order valence-corrected chi connectivity index (χ1v) is 7.10. The highest BCUT2D eigenvalue weighted by atomic mass is 16.3. The maximum absolute atomic E-state index is 5.60. The lowest BCUT2D eigenvalue weighted by atomic mass is 10.0. The molecule has 1 N–H and O–H groups in total. The fourth-order valence-corrected chi connectivity index (χ4v) is 2.41. The first-order chi connectivity index (χ1) is 10.3. The molecule has 3 aromatic rings. The quantitative estimate of drug-likeness (QED) is 0.763. The largest absolute Gasteiger partial charge is 0.467 e. The van der Waals surface area contributed by atoms with E-state index in [1.807, 2.05) is 54.7 Å². The molecule has 0 spiro atoms. The number of hydrogen-bond donors (Lipinski definition) is 1. The third-order valence-corrected chi connectivity index (χ3v) is 3.51. The lowest BCUT2D eigenvalue weighted by Gasteiger charge is -2.22. The highest BCUT2D eigenvalue weighted by Gasteiger charge is 2.19. The minimum Gasteiger partial charge on any atom is -0.467 e. The summed E-state index contributed by atoms with van der Waals surface area (Å²) in [7, 11) is 0. The van der Waals surface area contributed by atoms with Crippen LogP contribution in [0.25, 0.3) is 0 Å². The second-order valence-corrected chi connectivity index (χ2v) is 5.00. The van der Waals surface area contributed by atoms with Gasteiger partial charge in [-0.25, -0.2) is 0 Å². The molecule has 0 aliphatic carbocycles. The average Bonchev–Trinajstić information content (AvgIpc) is 3.08. The second kappa shape index (κ2) is 6.37. The molecule has 0 radical (unpaired) electrons. The molecule has 1 aromatic carbocycles. The van der Waals surface area contributed by atoms with E-state index < -0.39 is 0 Å². The Morgan fingerprint density at radius 1 is 0.952 bits per heavy atom. The monoisotopic (exact) mass is 278 g/mol. The van der Waals surface area contributed by atoms with Crippen LogP contribution in [0.4, 0.5) is 0 Å². The van der Waals surface area contributed by atoms with Gasteiger partial charge in [0.15, 0.2) is 0 Å². The minimum atomic E-state index is 0.0122. The van der Waals surface area contributed by atoms with E-state index in [4.69, 9.17) is 4.42 Å². The number of furan rings is 1. The molecule has 0 saturated carbocycles. The maximum atomic E-state index is 5.60. The van der Waals surface area contributed by atoms with E-state index >= 15 is 0 Å². The van der Waals surface area contributed by atoms with Crippen molar-refractivity contribution in [2.45, 2.75) is 19.0 Å². The molecule has 0 saturated heterocycles. The van der Waals surface area contributed by atoms with Gasteiger partial charge in [0, 0.05) is 12.2 Å². The lowest BCUT2D eigenvalue weighted by Crippen LogP contribution is -2.25. The Hall–Kier alpha value is -2.39. The van der Waals surface area contributed by atoms with E-state index in [1.165, 1.54) is 5.56 Å². The smallest absolute Gasteiger partial charge is 0.125 e. The summed E-state index contributed by atoms with van der Waals surface area (Å²) in [6.07, 6.45) is 3.52. The molecule has 2 atom stereocenters. The first kappa shape index (κ1) is 13.6. The predicted molar refractivity (Wildman–Crippen MR) is 82.8 cm³/mol. The third kappa shape index (κ3) is 3.20. The van der Waals surface area contributed by atoms with Crippen molar-refractivity contribution in [2.24, 2.45) is 0 Å². The number of hydrogen-bond acceptors (Lipinski definition) is 3. The van der Waals surface area contributed by atoms with Crippen LogP contribution in [-0.4, -0.2) is 4.98 Å². The molecule has 3 rings (SSSR count). The molecule has 2 aromatic heterocycles. The molecule has 21 heavy (non-hydrogen) atoms. The van der Waals surface area contributed by atoms with Crippen molar-refractivity contribution in [1.29, 1.82) is 0 Å². The number of nitrogens with zero attached hydrogens (tertiary/aromatic N) is 1. The number of aromatic nitrogens is 1. The van der Waals surface area contributed by atoms with Gasteiger partial charge in [-0.15, -0.1) is 0 Å². The van der Waals surface area contributed by atoms with Crippen molar-refractivity contribution in [3.05, 3.63) is 90.1 Å². The van der Waals surface area contributed by atoms with Crippen molar-refractivity contribution in [2.75, 3.05) is 0 Å². The van der Waals surface area contributed by atoms with E-state index in [2.05, 4.69) is 29.4 Å². The highest BCUT2D eigenvalue weighted by Crippen LogP contribution is 2.25. The van der Waals surface area contributed by atoms with Crippen LogP contribution in [0.2, 0.25) is 0 Å². The van der Waals surface area contributed by atoms with Crippen LogP contribution in [-0.2, 0) is 0 Å². The molecule has 106 valence electrons. The van der Waals surface area contributed by atoms with E-state index in [0.29, 0.717) is 0 Å². The standard InChI is InChI=1S/C18H18N2O/c1-14(16-10-5-6-12-19-16)20-18(17-11-7-13-21-17)15-8-3-2-4-9-15/h2-14,18,20H,1H3/t14-,18?/m1/s1. The van der Waals surface area contributed by atoms with E-state index in [0.717, 1.165) is 11.5 Å². The molecule has 0 bridgehead atoms. The second-order valence-electron chi connectivity index (χ2n) is 5.00. The van der Waals surface area contributed by atoms with Gasteiger partial charge >= 0.3 is 0 Å². The first-order valence-electron chi connectivity index (χ1n) is 7.10. The van der Waals surface area contributed by atoms with Gasteiger partial charge in [0.25, 0.3) is 0 Å². The van der Waals surface area contributed by atoms with Gasteiger partial charge in [0.05, 0.1) is 18.0 Å². The average molecular weight is 278 g/mol. The predicted octanol–water partition coefficient (Wildman–Crippen LogP) is 4.11. The fraction of sp³-hybridized carbons (Fsp3) is 0.167. The Labute approximate surface area is 124 Å². The summed E-state index contributed by atoms with van der Waals surface area (Å²) in [5, 5.41) is 3.60. The maximum Gasteiger partial charge on any atom is 0.125 e. The topological polar surface area (TPSA) is 38.1 Å². The molecule has 2 heterocycles. The van der Waals surface area contributed by atoms with Crippen molar-refractivity contribution in [1.82, 2.24) is 10.3 Å². The molecule has 3 heteroatoms. The van der Waals surface area contributed by atoms with E-state index in [9.17, 15) is 0 Å². The number of benzene rings is 1. The molecular formula is C18H18N2O. The van der Waals surface area contributed by atoms with Crippen LogP contribution >= 0.6 is 0 Å². The lowest BCUT2D eigenvalue weighted by molar-refractivity contribution is 0.416. The van der Waals surface area contributed by atoms with Crippen LogP contribution in [0, 0.1) is 0 Å². The van der Waals surface area contributed by atoms with Gasteiger partial charge in [-0.05, 0) is 36.8 Å². The number of nitrogens with one attached hydrogen (secondary N) is 1. The van der Waals surface area contributed by atoms with Crippen molar-refractivity contribution >= 4 is 0 Å². The Balaban J connectivity index is 1.87. The molecule has 1 unspecified atom stereocenters. The summed E-state index contributed by atoms with van der Waals surface area (Å²) >= 11 is 0. The van der Waals surface area contributed by atoms with Crippen molar-refractivity contribution in [3.8, 4) is 0 Å².